The zero-order valence-electron chi connectivity index (χ0n) is 15.7. The predicted molar refractivity (Wildman–Crippen MR) is 102 cm³/mol. The van der Waals surface area contributed by atoms with Crippen molar-refractivity contribution in [1.29, 1.82) is 0 Å². The van der Waals surface area contributed by atoms with Crippen molar-refractivity contribution < 1.29 is 22.7 Å². The lowest BCUT2D eigenvalue weighted by atomic mass is 10.1. The standard InChI is InChI=1S/C18H22N2O5S2/c1-10-7-15(12(3)20(10)14-5-6-27(23,24)9-14)16(21)8-25-18(22)17-11(2)19-13(4)26-17/h7,14H,5-6,8-9H2,1-4H3. The molecule has 1 aliphatic rings. The minimum Gasteiger partial charge on any atom is -0.453 e. The molecule has 1 saturated heterocycles. The van der Waals surface area contributed by atoms with Crippen LogP contribution in [0, 0.1) is 27.7 Å². The van der Waals surface area contributed by atoms with Crippen LogP contribution in [-0.4, -0.2) is 47.8 Å². The highest BCUT2D eigenvalue weighted by atomic mass is 32.2. The number of ketones is 1. The number of hydrogen-bond donors (Lipinski definition) is 0. The van der Waals surface area contributed by atoms with Gasteiger partial charge in [-0.2, -0.15) is 0 Å². The van der Waals surface area contributed by atoms with Crippen LogP contribution in [0.25, 0.3) is 0 Å². The van der Waals surface area contributed by atoms with Crippen LogP contribution >= 0.6 is 11.3 Å². The van der Waals surface area contributed by atoms with Crippen LogP contribution in [0.4, 0.5) is 0 Å². The number of hydrogen-bond acceptors (Lipinski definition) is 7. The number of Topliss-reactive ketones (excluding diaryl/α,β-unsaturated/α-hetero) is 1. The summed E-state index contributed by atoms with van der Waals surface area (Å²) in [6.07, 6.45) is 0.547. The minimum atomic E-state index is -3.02. The second-order valence-electron chi connectivity index (χ2n) is 6.86. The van der Waals surface area contributed by atoms with Crippen molar-refractivity contribution in [2.75, 3.05) is 18.1 Å². The second-order valence-corrected chi connectivity index (χ2v) is 10.3. The van der Waals surface area contributed by atoms with E-state index in [9.17, 15) is 18.0 Å². The van der Waals surface area contributed by atoms with Crippen molar-refractivity contribution in [3.63, 3.8) is 0 Å². The first-order valence-corrected chi connectivity index (χ1v) is 11.3. The van der Waals surface area contributed by atoms with Gasteiger partial charge in [-0.05, 0) is 40.2 Å². The maximum atomic E-state index is 12.6. The summed E-state index contributed by atoms with van der Waals surface area (Å²) in [6, 6.07) is 1.58. The minimum absolute atomic E-state index is 0.0932. The van der Waals surface area contributed by atoms with Crippen LogP contribution in [0.15, 0.2) is 6.07 Å². The summed E-state index contributed by atoms with van der Waals surface area (Å²) in [7, 11) is -3.02. The molecule has 0 amide bonds. The summed E-state index contributed by atoms with van der Waals surface area (Å²) in [5.74, 6) is -0.594. The van der Waals surface area contributed by atoms with Gasteiger partial charge in [0.2, 0.25) is 5.78 Å². The van der Waals surface area contributed by atoms with Gasteiger partial charge in [0.15, 0.2) is 16.4 Å². The highest BCUT2D eigenvalue weighted by Crippen LogP contribution is 2.29. The Bertz CT molecular complexity index is 1020. The van der Waals surface area contributed by atoms with Gasteiger partial charge in [-0.15, -0.1) is 11.3 Å². The molecule has 0 radical (unpaired) electrons. The van der Waals surface area contributed by atoms with Crippen molar-refractivity contribution in [3.05, 3.63) is 38.6 Å². The summed E-state index contributed by atoms with van der Waals surface area (Å²) >= 11 is 1.24. The zero-order chi connectivity index (χ0) is 19.9. The Kier molecular flexibility index (Phi) is 5.27. The van der Waals surface area contributed by atoms with Gasteiger partial charge in [-0.3, -0.25) is 4.79 Å². The summed E-state index contributed by atoms with van der Waals surface area (Å²) in [5, 5.41) is 0.765. The molecule has 0 spiro atoms. The van der Waals surface area contributed by atoms with Gasteiger partial charge in [0.1, 0.15) is 4.88 Å². The zero-order valence-corrected chi connectivity index (χ0v) is 17.4. The fourth-order valence-electron chi connectivity index (χ4n) is 3.60. The van der Waals surface area contributed by atoms with Gasteiger partial charge >= 0.3 is 5.97 Å². The normalized spacial score (nSPS) is 18.6. The number of carbonyl (C=O) groups excluding carboxylic acids is 2. The van der Waals surface area contributed by atoms with Crippen LogP contribution in [-0.2, 0) is 14.6 Å². The number of ether oxygens (including phenoxy) is 1. The molecule has 0 aliphatic carbocycles. The van der Waals surface area contributed by atoms with Crippen LogP contribution in [0.5, 0.6) is 0 Å². The Morgan fingerprint density at radius 1 is 1.30 bits per heavy atom. The molecule has 1 fully saturated rings. The molecule has 1 unspecified atom stereocenters. The fourth-order valence-corrected chi connectivity index (χ4v) is 6.11. The number of aromatic nitrogens is 2. The van der Waals surface area contributed by atoms with E-state index in [1.807, 2.05) is 11.5 Å². The number of carbonyl (C=O) groups is 2. The van der Waals surface area contributed by atoms with Crippen molar-refractivity contribution in [2.24, 2.45) is 0 Å². The van der Waals surface area contributed by atoms with E-state index in [0.29, 0.717) is 28.2 Å². The van der Waals surface area contributed by atoms with Crippen LogP contribution in [0.2, 0.25) is 0 Å². The van der Waals surface area contributed by atoms with Crippen LogP contribution in [0.3, 0.4) is 0 Å². The van der Waals surface area contributed by atoms with Crippen LogP contribution < -0.4 is 0 Å². The Balaban J connectivity index is 1.73. The lowest BCUT2D eigenvalue weighted by Crippen LogP contribution is -2.17. The SMILES string of the molecule is Cc1nc(C)c(C(=O)OCC(=O)c2cc(C)n(C3CCS(=O)(=O)C3)c2C)s1. The maximum absolute atomic E-state index is 12.6. The molecule has 9 heteroatoms. The van der Waals surface area contributed by atoms with Gasteiger partial charge in [0, 0.05) is 23.0 Å². The molecule has 2 aromatic heterocycles. The first kappa shape index (κ1) is 19.8. The van der Waals surface area contributed by atoms with Gasteiger partial charge in [0.25, 0.3) is 0 Å². The Hall–Kier alpha value is -2.00. The summed E-state index contributed by atoms with van der Waals surface area (Å²) in [6.45, 7) is 6.82. The number of nitrogens with zero attached hydrogens (tertiary/aromatic N) is 2. The molecule has 0 saturated carbocycles. The highest BCUT2D eigenvalue weighted by molar-refractivity contribution is 7.91. The van der Waals surface area contributed by atoms with E-state index in [-0.39, 0.29) is 29.9 Å². The second kappa shape index (κ2) is 7.20. The average molecular weight is 411 g/mol. The van der Waals surface area contributed by atoms with E-state index < -0.39 is 15.8 Å². The number of sulfone groups is 1. The van der Waals surface area contributed by atoms with Crippen LogP contribution in [0.1, 0.15) is 54.6 Å². The topological polar surface area (TPSA) is 95.3 Å². The van der Waals surface area contributed by atoms with E-state index in [1.54, 1.807) is 26.8 Å². The average Bonchev–Trinajstić information content (AvgIpc) is 3.20. The van der Waals surface area contributed by atoms with E-state index in [1.165, 1.54) is 11.3 Å². The summed E-state index contributed by atoms with van der Waals surface area (Å²) < 4.78 is 30.6. The molecule has 1 atom stereocenters. The van der Waals surface area contributed by atoms with Gasteiger partial charge in [0.05, 0.1) is 22.2 Å². The Labute approximate surface area is 162 Å². The predicted octanol–water partition coefficient (Wildman–Crippen LogP) is 2.58. The van der Waals surface area contributed by atoms with Gasteiger partial charge < -0.3 is 9.30 Å². The Morgan fingerprint density at radius 3 is 2.56 bits per heavy atom. The molecule has 2 aromatic rings. The smallest absolute Gasteiger partial charge is 0.350 e. The van der Waals surface area contributed by atoms with E-state index >= 15 is 0 Å². The third kappa shape index (κ3) is 3.98. The molecule has 3 rings (SSSR count). The summed E-state index contributed by atoms with van der Waals surface area (Å²) in [5.41, 5.74) is 2.59. The third-order valence-corrected chi connectivity index (χ3v) is 7.58. The largest absolute Gasteiger partial charge is 0.453 e. The molecule has 0 N–H and O–H groups in total. The number of aryl methyl sites for hydroxylation is 3. The van der Waals surface area contributed by atoms with Crippen molar-refractivity contribution in [3.8, 4) is 0 Å². The van der Waals surface area contributed by atoms with Crippen molar-refractivity contribution in [2.45, 2.75) is 40.2 Å². The lowest BCUT2D eigenvalue weighted by Gasteiger charge is -2.16. The first-order chi connectivity index (χ1) is 12.6. The molecule has 27 heavy (non-hydrogen) atoms. The quantitative estimate of drug-likeness (QED) is 0.555. The molecule has 0 aromatic carbocycles. The monoisotopic (exact) mass is 410 g/mol. The maximum Gasteiger partial charge on any atom is 0.350 e. The summed E-state index contributed by atoms with van der Waals surface area (Å²) in [4.78, 5) is 29.3. The number of thiazole rings is 1. The van der Waals surface area contributed by atoms with Crippen molar-refractivity contribution >= 4 is 32.9 Å². The van der Waals surface area contributed by atoms with Gasteiger partial charge in [-0.25, -0.2) is 18.2 Å². The Morgan fingerprint density at radius 2 is 2.00 bits per heavy atom. The van der Waals surface area contributed by atoms with Crippen molar-refractivity contribution in [1.82, 2.24) is 9.55 Å². The molecular formula is C18H22N2O5S2. The van der Waals surface area contributed by atoms with Gasteiger partial charge in [-0.1, -0.05) is 0 Å². The van der Waals surface area contributed by atoms with E-state index in [4.69, 9.17) is 4.74 Å². The molecule has 1 aliphatic heterocycles. The molecular weight excluding hydrogens is 388 g/mol. The molecule has 0 bridgehead atoms. The molecule has 146 valence electrons. The number of esters is 1. The molecule has 7 nitrogen and oxygen atoms in total. The third-order valence-electron chi connectivity index (χ3n) is 4.78. The highest BCUT2D eigenvalue weighted by Gasteiger charge is 2.31. The number of rotatable bonds is 5. The first-order valence-electron chi connectivity index (χ1n) is 8.62. The van der Waals surface area contributed by atoms with E-state index in [2.05, 4.69) is 4.98 Å². The van der Waals surface area contributed by atoms with E-state index in [0.717, 1.165) is 10.7 Å². The molecule has 3 heterocycles. The fraction of sp³-hybridized carbons (Fsp3) is 0.500. The lowest BCUT2D eigenvalue weighted by molar-refractivity contribution is 0.0478.